The predicted octanol–water partition coefficient (Wildman–Crippen LogP) is 1.22. The van der Waals surface area contributed by atoms with Gasteiger partial charge in [0.25, 0.3) is 5.91 Å². The van der Waals surface area contributed by atoms with Crippen LogP contribution in [0.25, 0.3) is 11.2 Å². The SMILES string of the molecule is NCc1ccc(C(=O)Nc2ncnc3c2ncn3[C@H]2CC(O)=C(CO)O2)cc1. The minimum atomic E-state index is -0.589. The number of anilines is 1. The van der Waals surface area contributed by atoms with Gasteiger partial charge in [-0.15, -0.1) is 0 Å². The van der Waals surface area contributed by atoms with Gasteiger partial charge in [-0.05, 0) is 17.7 Å². The second-order valence-corrected chi connectivity index (χ2v) is 6.21. The highest BCUT2D eigenvalue weighted by Gasteiger charge is 2.28. The molecule has 0 fully saturated rings. The molecule has 28 heavy (non-hydrogen) atoms. The molecule has 1 atom stereocenters. The molecule has 0 radical (unpaired) electrons. The summed E-state index contributed by atoms with van der Waals surface area (Å²) in [6.45, 7) is 0.00567. The van der Waals surface area contributed by atoms with Gasteiger partial charge in [-0.3, -0.25) is 9.36 Å². The quantitative estimate of drug-likeness (QED) is 0.515. The number of rotatable bonds is 5. The molecular formula is C18H18N6O4. The van der Waals surface area contributed by atoms with Crippen LogP contribution >= 0.6 is 0 Å². The summed E-state index contributed by atoms with van der Waals surface area (Å²) < 4.78 is 7.14. The van der Waals surface area contributed by atoms with Crippen molar-refractivity contribution >= 4 is 22.9 Å². The Balaban J connectivity index is 1.59. The van der Waals surface area contributed by atoms with Gasteiger partial charge in [0.05, 0.1) is 6.42 Å². The average molecular weight is 382 g/mol. The van der Waals surface area contributed by atoms with E-state index in [9.17, 15) is 15.0 Å². The summed E-state index contributed by atoms with van der Waals surface area (Å²) in [6, 6.07) is 6.95. The highest BCUT2D eigenvalue weighted by Crippen LogP contribution is 2.33. The van der Waals surface area contributed by atoms with Crippen LogP contribution in [-0.2, 0) is 11.3 Å². The number of carbonyl (C=O) groups excluding carboxylic acids is 1. The van der Waals surface area contributed by atoms with Crippen molar-refractivity contribution in [3.63, 3.8) is 0 Å². The fourth-order valence-corrected chi connectivity index (χ4v) is 2.96. The van der Waals surface area contributed by atoms with Crippen molar-refractivity contribution in [2.45, 2.75) is 19.2 Å². The van der Waals surface area contributed by atoms with Gasteiger partial charge < -0.3 is 26.0 Å². The van der Waals surface area contributed by atoms with Crippen molar-refractivity contribution in [1.29, 1.82) is 0 Å². The van der Waals surface area contributed by atoms with Crippen molar-refractivity contribution in [3.05, 3.63) is 59.6 Å². The van der Waals surface area contributed by atoms with Crippen LogP contribution < -0.4 is 11.1 Å². The Bertz CT molecular complexity index is 1060. The summed E-state index contributed by atoms with van der Waals surface area (Å²) in [5.74, 6) is 0.0274. The molecule has 0 bridgehead atoms. The highest BCUT2D eigenvalue weighted by molar-refractivity contribution is 6.06. The number of carbonyl (C=O) groups is 1. The van der Waals surface area contributed by atoms with E-state index < -0.39 is 12.8 Å². The van der Waals surface area contributed by atoms with Crippen molar-refractivity contribution < 1.29 is 19.7 Å². The third-order valence-corrected chi connectivity index (χ3v) is 4.46. The predicted molar refractivity (Wildman–Crippen MR) is 99.1 cm³/mol. The largest absolute Gasteiger partial charge is 0.508 e. The smallest absolute Gasteiger partial charge is 0.256 e. The first-order valence-corrected chi connectivity index (χ1v) is 8.57. The van der Waals surface area contributed by atoms with Crippen LogP contribution in [0.15, 0.2) is 48.4 Å². The van der Waals surface area contributed by atoms with Crippen molar-refractivity contribution in [2.75, 3.05) is 11.9 Å². The Labute approximate surface area is 159 Å². The maximum absolute atomic E-state index is 12.5. The number of fused-ring (bicyclic) bond motifs is 1. The Morgan fingerprint density at radius 1 is 1.29 bits per heavy atom. The molecule has 0 unspecified atom stereocenters. The van der Waals surface area contributed by atoms with Crippen molar-refractivity contribution in [2.24, 2.45) is 5.73 Å². The van der Waals surface area contributed by atoms with Crippen LogP contribution in [0.4, 0.5) is 5.82 Å². The zero-order valence-electron chi connectivity index (χ0n) is 14.7. The minimum Gasteiger partial charge on any atom is -0.508 e. The summed E-state index contributed by atoms with van der Waals surface area (Å²) in [5.41, 5.74) is 7.78. The van der Waals surface area contributed by atoms with E-state index in [-0.39, 0.29) is 29.7 Å². The van der Waals surface area contributed by atoms with E-state index in [1.54, 1.807) is 28.8 Å². The third-order valence-electron chi connectivity index (χ3n) is 4.46. The van der Waals surface area contributed by atoms with Crippen molar-refractivity contribution in [3.8, 4) is 0 Å². The molecule has 4 rings (SSSR count). The minimum absolute atomic E-state index is 0.0159. The Hall–Kier alpha value is -3.50. The number of nitrogens with two attached hydrogens (primary N) is 1. The highest BCUT2D eigenvalue weighted by atomic mass is 16.5. The van der Waals surface area contributed by atoms with Gasteiger partial charge in [0.2, 0.25) is 0 Å². The molecule has 5 N–H and O–H groups in total. The zero-order chi connectivity index (χ0) is 19.7. The lowest BCUT2D eigenvalue weighted by molar-refractivity contribution is 0.0656. The summed E-state index contributed by atoms with van der Waals surface area (Å²) in [7, 11) is 0. The summed E-state index contributed by atoms with van der Waals surface area (Å²) in [4.78, 5) is 25.1. The number of aromatic nitrogens is 4. The summed E-state index contributed by atoms with van der Waals surface area (Å²) in [6.07, 6.45) is 2.39. The normalized spacial score (nSPS) is 16.4. The maximum Gasteiger partial charge on any atom is 0.256 e. The average Bonchev–Trinajstić information content (AvgIpc) is 3.31. The molecule has 0 aliphatic carbocycles. The Morgan fingerprint density at radius 2 is 2.07 bits per heavy atom. The molecule has 1 aliphatic heterocycles. The second-order valence-electron chi connectivity index (χ2n) is 6.21. The standard InChI is InChI=1S/C18H18N6O4/c19-6-10-1-3-11(4-2-10)18(27)23-16-15-17(21-8-20-16)24(9-22-15)14-5-12(26)13(7-25)28-14/h1-4,8-9,14,25-26H,5-7,19H2,(H,20,21,23,27)/t14-/m1/s1. The van der Waals surface area contributed by atoms with Crippen LogP contribution in [-0.4, -0.2) is 42.2 Å². The van der Waals surface area contributed by atoms with E-state index in [4.69, 9.17) is 10.5 Å². The van der Waals surface area contributed by atoms with E-state index >= 15 is 0 Å². The monoisotopic (exact) mass is 382 g/mol. The number of amides is 1. The second kappa shape index (κ2) is 7.25. The molecule has 10 heteroatoms. The first-order chi connectivity index (χ1) is 13.6. The molecule has 3 aromatic rings. The van der Waals surface area contributed by atoms with Gasteiger partial charge in [0, 0.05) is 12.1 Å². The number of benzene rings is 1. The molecule has 10 nitrogen and oxygen atoms in total. The van der Waals surface area contributed by atoms with Gasteiger partial charge in [-0.25, -0.2) is 15.0 Å². The molecular weight excluding hydrogens is 364 g/mol. The molecule has 1 aromatic carbocycles. The number of aliphatic hydroxyl groups is 2. The Morgan fingerprint density at radius 3 is 2.75 bits per heavy atom. The Kier molecular flexibility index (Phi) is 4.63. The van der Waals surface area contributed by atoms with Gasteiger partial charge in [0.15, 0.2) is 29.0 Å². The molecule has 0 spiro atoms. The molecule has 2 aromatic heterocycles. The van der Waals surface area contributed by atoms with Crippen LogP contribution in [0.1, 0.15) is 28.6 Å². The number of hydrogen-bond acceptors (Lipinski definition) is 8. The van der Waals surface area contributed by atoms with E-state index in [2.05, 4.69) is 20.3 Å². The maximum atomic E-state index is 12.5. The van der Waals surface area contributed by atoms with E-state index in [0.29, 0.717) is 23.3 Å². The first-order valence-electron chi connectivity index (χ1n) is 8.57. The summed E-state index contributed by atoms with van der Waals surface area (Å²) in [5, 5.41) is 21.8. The van der Waals surface area contributed by atoms with Gasteiger partial charge >= 0.3 is 0 Å². The van der Waals surface area contributed by atoms with Crippen molar-refractivity contribution in [1.82, 2.24) is 19.5 Å². The number of imidazole rings is 1. The number of hydrogen-bond donors (Lipinski definition) is 4. The lowest BCUT2D eigenvalue weighted by atomic mass is 10.1. The van der Waals surface area contributed by atoms with Crippen LogP contribution in [0.5, 0.6) is 0 Å². The van der Waals surface area contributed by atoms with E-state index in [1.165, 1.54) is 12.7 Å². The number of nitrogens with one attached hydrogen (secondary N) is 1. The number of ether oxygens (including phenoxy) is 1. The van der Waals surface area contributed by atoms with E-state index in [0.717, 1.165) is 5.56 Å². The van der Waals surface area contributed by atoms with Gasteiger partial charge in [-0.2, -0.15) is 0 Å². The fourth-order valence-electron chi connectivity index (χ4n) is 2.96. The molecule has 144 valence electrons. The van der Waals surface area contributed by atoms with Gasteiger partial charge in [0.1, 0.15) is 25.0 Å². The fraction of sp³-hybridized carbons (Fsp3) is 0.222. The molecule has 0 saturated heterocycles. The molecule has 0 saturated carbocycles. The van der Waals surface area contributed by atoms with Crippen LogP contribution in [0.2, 0.25) is 0 Å². The van der Waals surface area contributed by atoms with E-state index in [1.807, 2.05) is 0 Å². The van der Waals surface area contributed by atoms with Gasteiger partial charge in [-0.1, -0.05) is 12.1 Å². The molecule has 3 heterocycles. The number of nitrogens with zero attached hydrogens (tertiary/aromatic N) is 4. The lowest BCUT2D eigenvalue weighted by Crippen LogP contribution is -2.14. The van der Waals surface area contributed by atoms with Crippen LogP contribution in [0, 0.1) is 0 Å². The zero-order valence-corrected chi connectivity index (χ0v) is 14.7. The van der Waals surface area contributed by atoms with Crippen LogP contribution in [0.3, 0.4) is 0 Å². The summed E-state index contributed by atoms with van der Waals surface area (Å²) >= 11 is 0. The molecule has 1 amide bonds. The third kappa shape index (κ3) is 3.15. The topological polar surface area (TPSA) is 148 Å². The molecule has 1 aliphatic rings. The number of aliphatic hydroxyl groups excluding tert-OH is 2. The lowest BCUT2D eigenvalue weighted by Gasteiger charge is -2.13. The first kappa shape index (κ1) is 17.9.